The number of rotatable bonds is 6. The summed E-state index contributed by atoms with van der Waals surface area (Å²) in [7, 11) is 0. The molecule has 0 unspecified atom stereocenters. The van der Waals surface area contributed by atoms with Gasteiger partial charge in [-0.1, -0.05) is 25.1 Å². The molecule has 0 fully saturated rings. The van der Waals surface area contributed by atoms with Crippen LogP contribution in [0.3, 0.4) is 0 Å². The number of amides is 1. The zero-order chi connectivity index (χ0) is 20.8. The highest BCUT2D eigenvalue weighted by Gasteiger charge is 2.11. The quantitative estimate of drug-likeness (QED) is 0.488. The second kappa shape index (κ2) is 8.96. The predicted molar refractivity (Wildman–Crippen MR) is 116 cm³/mol. The summed E-state index contributed by atoms with van der Waals surface area (Å²) in [5.74, 6) is 1.67. The highest BCUT2D eigenvalue weighted by molar-refractivity contribution is 6.04. The van der Waals surface area contributed by atoms with E-state index in [9.17, 15) is 4.79 Å². The van der Waals surface area contributed by atoms with Gasteiger partial charge in [0, 0.05) is 30.1 Å². The van der Waals surface area contributed by atoms with E-state index in [2.05, 4.69) is 20.3 Å². The summed E-state index contributed by atoms with van der Waals surface area (Å²) in [5.41, 5.74) is 2.83. The molecule has 148 valence electrons. The Morgan fingerprint density at radius 3 is 2.47 bits per heavy atom. The lowest BCUT2D eigenvalue weighted by molar-refractivity contribution is 0.102. The number of benzene rings is 2. The molecule has 2 heterocycles. The number of carbonyl (C=O) groups is 1. The van der Waals surface area contributed by atoms with Gasteiger partial charge in [0.15, 0.2) is 0 Å². The first-order valence-corrected chi connectivity index (χ1v) is 9.64. The van der Waals surface area contributed by atoms with Crippen LogP contribution in [0.1, 0.15) is 23.1 Å². The van der Waals surface area contributed by atoms with E-state index >= 15 is 0 Å². The van der Waals surface area contributed by atoms with Gasteiger partial charge in [-0.25, -0.2) is 15.0 Å². The highest BCUT2D eigenvalue weighted by Crippen LogP contribution is 2.30. The third kappa shape index (κ3) is 4.50. The van der Waals surface area contributed by atoms with Gasteiger partial charge in [0.05, 0.1) is 11.3 Å². The lowest BCUT2D eigenvalue weighted by Gasteiger charge is -2.11. The van der Waals surface area contributed by atoms with Gasteiger partial charge in [-0.15, -0.1) is 0 Å². The number of nitrogens with zero attached hydrogens (tertiary/aromatic N) is 3. The van der Waals surface area contributed by atoms with Crippen molar-refractivity contribution < 1.29 is 9.53 Å². The van der Waals surface area contributed by atoms with Gasteiger partial charge in [-0.3, -0.25) is 4.79 Å². The van der Waals surface area contributed by atoms with Crippen LogP contribution in [0.5, 0.6) is 11.6 Å². The third-order valence-corrected chi connectivity index (χ3v) is 4.43. The zero-order valence-electron chi connectivity index (χ0n) is 16.4. The molecule has 2 aromatic carbocycles. The average Bonchev–Trinajstić information content (AvgIpc) is 2.81. The molecular formula is C24H20N4O2. The van der Waals surface area contributed by atoms with Crippen LogP contribution in [0.2, 0.25) is 0 Å². The molecule has 30 heavy (non-hydrogen) atoms. The Kier molecular flexibility index (Phi) is 5.75. The summed E-state index contributed by atoms with van der Waals surface area (Å²) < 4.78 is 6.00. The third-order valence-electron chi connectivity index (χ3n) is 4.43. The van der Waals surface area contributed by atoms with Gasteiger partial charge in [-0.2, -0.15) is 0 Å². The lowest BCUT2D eigenvalue weighted by atomic mass is 10.2. The summed E-state index contributed by atoms with van der Waals surface area (Å²) in [6.07, 6.45) is 4.16. The number of hydrogen-bond donors (Lipinski definition) is 1. The first-order chi connectivity index (χ1) is 14.7. The summed E-state index contributed by atoms with van der Waals surface area (Å²) >= 11 is 0. The standard InChI is InChI=1S/C24H20N4O2/c1-2-22-25-16-14-21(28-22)20-9-6-15-26-24(20)30-19-12-10-18(11-13-19)27-23(29)17-7-4-3-5-8-17/h3-16H,2H2,1H3,(H,27,29). The van der Waals surface area contributed by atoms with Gasteiger partial charge in [0.25, 0.3) is 5.91 Å². The van der Waals surface area contributed by atoms with Crippen LogP contribution >= 0.6 is 0 Å². The summed E-state index contributed by atoms with van der Waals surface area (Å²) in [4.78, 5) is 25.4. The molecule has 0 saturated heterocycles. The Morgan fingerprint density at radius 1 is 0.900 bits per heavy atom. The number of aryl methyl sites for hydroxylation is 1. The SMILES string of the molecule is CCc1nccc(-c2cccnc2Oc2ccc(NC(=O)c3ccccc3)cc2)n1. The van der Waals surface area contributed by atoms with Crippen molar-refractivity contribution in [3.63, 3.8) is 0 Å². The van der Waals surface area contributed by atoms with Crippen molar-refractivity contribution in [1.29, 1.82) is 0 Å². The lowest BCUT2D eigenvalue weighted by Crippen LogP contribution is -2.11. The van der Waals surface area contributed by atoms with E-state index in [-0.39, 0.29) is 5.91 Å². The molecule has 6 nitrogen and oxygen atoms in total. The molecule has 0 atom stereocenters. The van der Waals surface area contributed by atoms with Crippen LogP contribution in [0, 0.1) is 0 Å². The minimum atomic E-state index is -0.160. The molecule has 4 aromatic rings. The molecule has 6 heteroatoms. The van der Waals surface area contributed by atoms with E-state index in [4.69, 9.17) is 4.74 Å². The molecule has 0 radical (unpaired) electrons. The van der Waals surface area contributed by atoms with Crippen molar-refractivity contribution in [3.8, 4) is 22.9 Å². The summed E-state index contributed by atoms with van der Waals surface area (Å²) in [6, 6.07) is 21.8. The fourth-order valence-corrected chi connectivity index (χ4v) is 2.90. The fraction of sp³-hybridized carbons (Fsp3) is 0.0833. The van der Waals surface area contributed by atoms with E-state index in [0.29, 0.717) is 22.9 Å². The highest BCUT2D eigenvalue weighted by atomic mass is 16.5. The second-order valence-corrected chi connectivity index (χ2v) is 6.51. The van der Waals surface area contributed by atoms with Crippen LogP contribution in [-0.2, 0) is 6.42 Å². The van der Waals surface area contributed by atoms with Gasteiger partial charge >= 0.3 is 0 Å². The van der Waals surface area contributed by atoms with Crippen molar-refractivity contribution in [1.82, 2.24) is 15.0 Å². The first kappa shape index (κ1) is 19.3. The van der Waals surface area contributed by atoms with Crippen LogP contribution in [0.15, 0.2) is 85.2 Å². The molecule has 1 N–H and O–H groups in total. The van der Waals surface area contributed by atoms with Crippen molar-refractivity contribution in [2.45, 2.75) is 13.3 Å². The van der Waals surface area contributed by atoms with E-state index < -0.39 is 0 Å². The van der Waals surface area contributed by atoms with E-state index in [0.717, 1.165) is 23.5 Å². The predicted octanol–water partition coefficient (Wildman–Crippen LogP) is 5.15. The Bertz CT molecular complexity index is 1150. The van der Waals surface area contributed by atoms with E-state index in [1.807, 2.05) is 43.3 Å². The number of pyridine rings is 1. The topological polar surface area (TPSA) is 77.0 Å². The summed E-state index contributed by atoms with van der Waals surface area (Å²) in [5, 5.41) is 2.87. The number of aromatic nitrogens is 3. The molecular weight excluding hydrogens is 376 g/mol. The van der Waals surface area contributed by atoms with Crippen molar-refractivity contribution in [3.05, 3.63) is 96.6 Å². The molecule has 1 amide bonds. The van der Waals surface area contributed by atoms with Crippen molar-refractivity contribution >= 4 is 11.6 Å². The molecule has 0 aliphatic carbocycles. The molecule has 2 aromatic heterocycles. The normalized spacial score (nSPS) is 10.4. The molecule has 0 aliphatic rings. The molecule has 0 aliphatic heterocycles. The van der Waals surface area contributed by atoms with Crippen LogP contribution in [0.25, 0.3) is 11.3 Å². The molecule has 0 bridgehead atoms. The molecule has 0 saturated carbocycles. The number of carbonyl (C=O) groups excluding carboxylic acids is 1. The smallest absolute Gasteiger partial charge is 0.255 e. The first-order valence-electron chi connectivity index (χ1n) is 9.64. The van der Waals surface area contributed by atoms with Crippen molar-refractivity contribution in [2.75, 3.05) is 5.32 Å². The maximum Gasteiger partial charge on any atom is 0.255 e. The Balaban J connectivity index is 1.51. The Labute approximate surface area is 174 Å². The minimum absolute atomic E-state index is 0.160. The van der Waals surface area contributed by atoms with Gasteiger partial charge in [-0.05, 0) is 54.6 Å². The van der Waals surface area contributed by atoms with E-state index in [1.54, 1.807) is 48.8 Å². The Morgan fingerprint density at radius 2 is 1.70 bits per heavy atom. The zero-order valence-corrected chi connectivity index (χ0v) is 16.4. The number of anilines is 1. The number of ether oxygens (including phenoxy) is 1. The van der Waals surface area contributed by atoms with Crippen molar-refractivity contribution in [2.24, 2.45) is 0 Å². The van der Waals surface area contributed by atoms with Gasteiger partial charge in [0.1, 0.15) is 11.6 Å². The number of nitrogens with one attached hydrogen (secondary N) is 1. The van der Waals surface area contributed by atoms with Crippen LogP contribution in [-0.4, -0.2) is 20.9 Å². The average molecular weight is 396 g/mol. The Hall–Kier alpha value is -4.06. The maximum atomic E-state index is 12.3. The van der Waals surface area contributed by atoms with Gasteiger partial charge < -0.3 is 10.1 Å². The monoisotopic (exact) mass is 396 g/mol. The number of hydrogen-bond acceptors (Lipinski definition) is 5. The molecule has 4 rings (SSSR count). The molecule has 0 spiro atoms. The van der Waals surface area contributed by atoms with Crippen LogP contribution < -0.4 is 10.1 Å². The van der Waals surface area contributed by atoms with Gasteiger partial charge in [0.2, 0.25) is 5.88 Å². The van der Waals surface area contributed by atoms with E-state index in [1.165, 1.54) is 0 Å². The van der Waals surface area contributed by atoms with Crippen LogP contribution in [0.4, 0.5) is 5.69 Å². The largest absolute Gasteiger partial charge is 0.438 e. The second-order valence-electron chi connectivity index (χ2n) is 6.51. The minimum Gasteiger partial charge on any atom is -0.438 e. The maximum absolute atomic E-state index is 12.3. The fourth-order valence-electron chi connectivity index (χ4n) is 2.90. The summed E-state index contributed by atoms with van der Waals surface area (Å²) in [6.45, 7) is 2.01.